The highest BCUT2D eigenvalue weighted by Crippen LogP contribution is 2.38. The van der Waals surface area contributed by atoms with E-state index in [2.05, 4.69) is 44.1 Å². The summed E-state index contributed by atoms with van der Waals surface area (Å²) in [7, 11) is 0. The molecule has 10 heteroatoms. The summed E-state index contributed by atoms with van der Waals surface area (Å²) in [5, 5.41) is 45.3. The minimum atomic E-state index is -1.63. The fraction of sp³-hybridized carbons (Fsp3) is 0.212. The first kappa shape index (κ1) is 26.5. The van der Waals surface area contributed by atoms with Crippen LogP contribution in [0.25, 0.3) is 10.9 Å². The normalized spacial score (nSPS) is 14.9. The van der Waals surface area contributed by atoms with Crippen molar-refractivity contribution in [2.75, 3.05) is 10.6 Å². The number of nitrogens with zero attached hydrogens (tertiary/aromatic N) is 7. The number of nitrogens with one attached hydrogen (secondary N) is 2. The molecule has 6 rings (SSSR count). The number of nitriles is 3. The van der Waals surface area contributed by atoms with Gasteiger partial charge in [-0.25, -0.2) is 4.68 Å². The summed E-state index contributed by atoms with van der Waals surface area (Å²) in [6.45, 7) is 0. The summed E-state index contributed by atoms with van der Waals surface area (Å²) in [4.78, 5) is 4.48. The van der Waals surface area contributed by atoms with Crippen molar-refractivity contribution in [2.24, 2.45) is 0 Å². The summed E-state index contributed by atoms with van der Waals surface area (Å²) in [6.07, 6.45) is 6.09. The second-order valence-corrected chi connectivity index (χ2v) is 10.7. The second kappa shape index (κ2) is 12.2. The monoisotopic (exact) mass is 584 g/mol. The average Bonchev–Trinajstić information content (AvgIpc) is 3.78. The van der Waals surface area contributed by atoms with E-state index in [1.165, 1.54) is 6.20 Å². The number of halogens is 1. The van der Waals surface area contributed by atoms with Gasteiger partial charge in [-0.1, -0.05) is 59.3 Å². The van der Waals surface area contributed by atoms with Crippen LogP contribution >= 0.6 is 11.6 Å². The highest BCUT2D eigenvalue weighted by Gasteiger charge is 2.27. The van der Waals surface area contributed by atoms with E-state index in [-0.39, 0.29) is 12.1 Å². The fourth-order valence-electron chi connectivity index (χ4n) is 5.04. The summed E-state index contributed by atoms with van der Waals surface area (Å²) in [5.41, 5.74) is 4.04. The van der Waals surface area contributed by atoms with Gasteiger partial charge in [0.2, 0.25) is 0 Å². The first-order valence-electron chi connectivity index (χ1n) is 14.4. The Kier molecular flexibility index (Phi) is 7.51. The lowest BCUT2D eigenvalue weighted by Gasteiger charge is -2.23. The Bertz CT molecular complexity index is 1970. The number of rotatable bonds is 10. The van der Waals surface area contributed by atoms with Gasteiger partial charge >= 0.3 is 0 Å². The van der Waals surface area contributed by atoms with Crippen LogP contribution in [0.15, 0.2) is 79.1 Å². The number of pyridine rings is 1. The first-order valence-corrected chi connectivity index (χ1v) is 14.2. The standard InChI is InChI=1S/C33H26ClN9/c34-28-16-25(39-32(23-9-4-6-21(14-23)17-36)30-20-43(42-41-30)26-11-12-26)15-27-31(24(18-37)19-38-33(27)28)40-29(10-5-13-35)22-7-2-1-3-8-22/h1-4,6-9,14-16,19-20,26,29,32,39H,5,10-12H2,(H,38,40)/t29-,32-/m1/s1/i32D. The van der Waals surface area contributed by atoms with Gasteiger partial charge in [0.05, 0.1) is 65.2 Å². The molecule has 1 aliphatic carbocycles. The van der Waals surface area contributed by atoms with Crippen molar-refractivity contribution in [1.29, 1.82) is 15.8 Å². The predicted molar refractivity (Wildman–Crippen MR) is 164 cm³/mol. The molecule has 43 heavy (non-hydrogen) atoms. The Labute approximate surface area is 255 Å². The van der Waals surface area contributed by atoms with E-state index in [9.17, 15) is 17.2 Å². The van der Waals surface area contributed by atoms with Crippen LogP contribution < -0.4 is 10.6 Å². The molecular weight excluding hydrogens is 558 g/mol. The van der Waals surface area contributed by atoms with E-state index in [1.54, 1.807) is 47.3 Å². The third-order valence-electron chi connectivity index (χ3n) is 7.35. The van der Waals surface area contributed by atoms with Crippen molar-refractivity contribution in [1.82, 2.24) is 20.0 Å². The number of hydrogen-bond donors (Lipinski definition) is 2. The molecule has 1 fully saturated rings. The third kappa shape index (κ3) is 5.97. The maximum absolute atomic E-state index is 10.1. The van der Waals surface area contributed by atoms with E-state index in [0.29, 0.717) is 62.5 Å². The molecule has 210 valence electrons. The molecule has 0 radical (unpaired) electrons. The molecule has 2 aromatic heterocycles. The van der Waals surface area contributed by atoms with Crippen molar-refractivity contribution in [3.63, 3.8) is 0 Å². The Morgan fingerprint density at radius 3 is 2.56 bits per heavy atom. The Morgan fingerprint density at radius 2 is 1.81 bits per heavy atom. The smallest absolute Gasteiger partial charge is 0.109 e. The van der Waals surface area contributed by atoms with Crippen molar-refractivity contribution in [3.8, 4) is 18.2 Å². The number of benzene rings is 3. The quantitative estimate of drug-likeness (QED) is 0.175. The van der Waals surface area contributed by atoms with Gasteiger partial charge in [-0.2, -0.15) is 15.8 Å². The molecule has 0 bridgehead atoms. The fourth-order valence-corrected chi connectivity index (χ4v) is 5.31. The number of fused-ring (bicyclic) bond motifs is 1. The molecule has 1 saturated carbocycles. The zero-order valence-corrected chi connectivity index (χ0v) is 23.8. The summed E-state index contributed by atoms with van der Waals surface area (Å²) < 4.78 is 11.5. The first-order chi connectivity index (χ1) is 21.4. The maximum atomic E-state index is 10.1. The molecule has 3 aromatic carbocycles. The minimum Gasteiger partial charge on any atom is -0.377 e. The van der Waals surface area contributed by atoms with Gasteiger partial charge in [-0.15, -0.1) is 5.10 Å². The average molecular weight is 585 g/mol. The van der Waals surface area contributed by atoms with E-state index in [4.69, 9.17) is 11.6 Å². The van der Waals surface area contributed by atoms with Gasteiger partial charge < -0.3 is 10.6 Å². The van der Waals surface area contributed by atoms with E-state index < -0.39 is 6.02 Å². The van der Waals surface area contributed by atoms with Gasteiger partial charge in [-0.3, -0.25) is 4.98 Å². The van der Waals surface area contributed by atoms with Crippen LogP contribution in [0.5, 0.6) is 0 Å². The highest BCUT2D eigenvalue weighted by molar-refractivity contribution is 6.35. The van der Waals surface area contributed by atoms with E-state index in [1.807, 2.05) is 30.3 Å². The van der Waals surface area contributed by atoms with Crippen LogP contribution in [0.3, 0.4) is 0 Å². The minimum absolute atomic E-state index is 0.259. The molecule has 2 N–H and O–H groups in total. The summed E-state index contributed by atoms with van der Waals surface area (Å²) in [5.74, 6) is 0. The second-order valence-electron chi connectivity index (χ2n) is 10.3. The maximum Gasteiger partial charge on any atom is 0.109 e. The third-order valence-corrected chi connectivity index (χ3v) is 7.64. The van der Waals surface area contributed by atoms with E-state index >= 15 is 0 Å². The van der Waals surface area contributed by atoms with Crippen LogP contribution in [0.4, 0.5) is 11.4 Å². The van der Waals surface area contributed by atoms with E-state index in [0.717, 1.165) is 18.4 Å². The highest BCUT2D eigenvalue weighted by atomic mass is 35.5. The number of hydrogen-bond acceptors (Lipinski definition) is 8. The topological polar surface area (TPSA) is 139 Å². The predicted octanol–water partition coefficient (Wildman–Crippen LogP) is 7.22. The molecule has 0 amide bonds. The van der Waals surface area contributed by atoms with Crippen molar-refractivity contribution >= 4 is 33.9 Å². The molecule has 2 atom stereocenters. The van der Waals surface area contributed by atoms with Crippen LogP contribution in [0.2, 0.25) is 5.02 Å². The molecule has 1 aliphatic rings. The van der Waals surface area contributed by atoms with Crippen LogP contribution in [-0.2, 0) is 0 Å². The summed E-state index contributed by atoms with van der Waals surface area (Å²) in [6, 6.07) is 25.0. The molecule has 0 spiro atoms. The molecule has 0 unspecified atom stereocenters. The van der Waals surface area contributed by atoms with Gasteiger partial charge in [0.25, 0.3) is 0 Å². The zero-order chi connectivity index (χ0) is 30.7. The van der Waals surface area contributed by atoms with Crippen LogP contribution in [-0.4, -0.2) is 20.0 Å². The largest absolute Gasteiger partial charge is 0.377 e. The zero-order valence-electron chi connectivity index (χ0n) is 24.0. The lowest BCUT2D eigenvalue weighted by atomic mass is 9.99. The number of anilines is 2. The molecule has 9 nitrogen and oxygen atoms in total. The van der Waals surface area contributed by atoms with Gasteiger partial charge in [-0.05, 0) is 54.7 Å². The van der Waals surface area contributed by atoms with Crippen molar-refractivity contribution in [2.45, 2.75) is 43.8 Å². The lowest BCUT2D eigenvalue weighted by molar-refractivity contribution is 0.610. The van der Waals surface area contributed by atoms with Gasteiger partial charge in [0, 0.05) is 23.7 Å². The van der Waals surface area contributed by atoms with Gasteiger partial charge in [0.15, 0.2) is 0 Å². The van der Waals surface area contributed by atoms with Crippen molar-refractivity contribution in [3.05, 3.63) is 112 Å². The molecular formula is C33H26ClN9. The number of aromatic nitrogens is 4. The Morgan fingerprint density at radius 1 is 1.00 bits per heavy atom. The Balaban J connectivity index is 1.47. The Hall–Kier alpha value is -5.43. The molecule has 5 aromatic rings. The molecule has 0 aliphatic heterocycles. The lowest BCUT2D eigenvalue weighted by Crippen LogP contribution is -2.14. The molecule has 0 saturated heterocycles. The van der Waals surface area contributed by atoms with Crippen molar-refractivity contribution < 1.29 is 1.37 Å². The molecule has 2 heterocycles. The SMILES string of the molecule is [2H][C@@](Nc1cc(Cl)c2ncc(C#N)c(N[C@H](CCC#N)c3ccccc3)c2c1)(c1cccc(C#N)c1)c1cn(C2CC2)nn1. The van der Waals surface area contributed by atoms with Crippen LogP contribution in [0.1, 0.15) is 73.1 Å². The van der Waals surface area contributed by atoms with Crippen LogP contribution in [0, 0.1) is 34.0 Å². The van der Waals surface area contributed by atoms with Gasteiger partial charge in [0.1, 0.15) is 11.8 Å². The summed E-state index contributed by atoms with van der Waals surface area (Å²) >= 11 is 6.80.